The fourth-order valence-electron chi connectivity index (χ4n) is 2.22. The lowest BCUT2D eigenvalue weighted by Crippen LogP contribution is -2.32. The van der Waals surface area contributed by atoms with Crippen LogP contribution >= 0.6 is 11.6 Å². The van der Waals surface area contributed by atoms with E-state index in [4.69, 9.17) is 21.5 Å². The highest BCUT2D eigenvalue weighted by atomic mass is 35.5. The fourth-order valence-corrected chi connectivity index (χ4v) is 2.96. The predicted octanol–water partition coefficient (Wildman–Crippen LogP) is 1.14. The molecule has 1 aromatic carbocycles. The van der Waals surface area contributed by atoms with Gasteiger partial charge in [0, 0.05) is 19.1 Å². The number of rotatable bonds is 4. The molecule has 0 bridgehead atoms. The summed E-state index contributed by atoms with van der Waals surface area (Å²) in [5, 5.41) is 7.98. The molecule has 0 saturated carbocycles. The minimum Gasteiger partial charge on any atom is -0.378 e. The summed E-state index contributed by atoms with van der Waals surface area (Å²) in [6, 6.07) is 3.79. The molecule has 1 aliphatic rings. The van der Waals surface area contributed by atoms with Crippen LogP contribution in [0.25, 0.3) is 0 Å². The van der Waals surface area contributed by atoms with E-state index in [1.54, 1.807) is 0 Å². The highest BCUT2D eigenvalue weighted by molar-refractivity contribution is 7.89. The number of sulfonamides is 1. The maximum atomic E-state index is 12.1. The largest absolute Gasteiger partial charge is 0.378 e. The molecule has 1 saturated heterocycles. The summed E-state index contributed by atoms with van der Waals surface area (Å²) in [4.78, 5) is 12.0. The minimum absolute atomic E-state index is 0.0924. The van der Waals surface area contributed by atoms with Crippen LogP contribution in [0, 0.1) is 5.92 Å². The van der Waals surface area contributed by atoms with Crippen molar-refractivity contribution in [3.8, 4) is 0 Å². The van der Waals surface area contributed by atoms with Gasteiger partial charge in [0.25, 0.3) is 5.91 Å². The molecule has 8 heteroatoms. The molecule has 1 heterocycles. The standard InChI is InChI=1S/C13H17ClN2O4S/c1-8-9(4-5-20-8)7-16-13(17)11-6-10(21(15,18)19)2-3-12(11)14/h2-3,6,8-9H,4-5,7H2,1H3,(H,16,17)(H2,15,18,19). The quantitative estimate of drug-likeness (QED) is 0.863. The van der Waals surface area contributed by atoms with Crippen molar-refractivity contribution < 1.29 is 17.9 Å². The van der Waals surface area contributed by atoms with Crippen molar-refractivity contribution in [2.45, 2.75) is 24.3 Å². The van der Waals surface area contributed by atoms with Crippen molar-refractivity contribution in [3.63, 3.8) is 0 Å². The molecule has 1 amide bonds. The molecule has 1 aromatic rings. The molecule has 21 heavy (non-hydrogen) atoms. The first kappa shape index (κ1) is 16.2. The number of ether oxygens (including phenoxy) is 1. The first-order chi connectivity index (χ1) is 9.79. The van der Waals surface area contributed by atoms with E-state index in [0.29, 0.717) is 13.2 Å². The third-order valence-corrected chi connectivity index (χ3v) is 4.81. The van der Waals surface area contributed by atoms with Crippen LogP contribution in [0.5, 0.6) is 0 Å². The van der Waals surface area contributed by atoms with Gasteiger partial charge in [-0.1, -0.05) is 11.6 Å². The molecule has 116 valence electrons. The molecule has 6 nitrogen and oxygen atoms in total. The number of primary sulfonamides is 1. The van der Waals surface area contributed by atoms with Gasteiger partial charge in [-0.3, -0.25) is 4.79 Å². The molecule has 2 atom stereocenters. The molecule has 0 spiro atoms. The van der Waals surface area contributed by atoms with Crippen LogP contribution in [0.4, 0.5) is 0 Å². The van der Waals surface area contributed by atoms with E-state index in [1.807, 2.05) is 6.92 Å². The van der Waals surface area contributed by atoms with E-state index < -0.39 is 15.9 Å². The van der Waals surface area contributed by atoms with Crippen LogP contribution in [-0.4, -0.2) is 33.6 Å². The van der Waals surface area contributed by atoms with Gasteiger partial charge in [-0.05, 0) is 31.5 Å². The zero-order valence-corrected chi connectivity index (χ0v) is 13.1. The summed E-state index contributed by atoms with van der Waals surface area (Å²) in [6.07, 6.45) is 0.975. The summed E-state index contributed by atoms with van der Waals surface area (Å²) in [6.45, 7) is 3.09. The second-order valence-electron chi connectivity index (χ2n) is 5.02. The topological polar surface area (TPSA) is 98.5 Å². The Morgan fingerprint density at radius 3 is 2.81 bits per heavy atom. The van der Waals surface area contributed by atoms with Crippen molar-refractivity contribution in [2.75, 3.05) is 13.2 Å². The number of benzene rings is 1. The third kappa shape index (κ3) is 3.94. The number of carbonyl (C=O) groups excluding carboxylic acids is 1. The number of amides is 1. The lowest BCUT2D eigenvalue weighted by Gasteiger charge is -2.15. The maximum absolute atomic E-state index is 12.1. The number of halogens is 1. The number of nitrogens with two attached hydrogens (primary N) is 1. The highest BCUT2D eigenvalue weighted by Gasteiger charge is 2.25. The van der Waals surface area contributed by atoms with E-state index in [1.165, 1.54) is 18.2 Å². The molecule has 0 aromatic heterocycles. The molecular weight excluding hydrogens is 316 g/mol. The van der Waals surface area contributed by atoms with Gasteiger partial charge in [-0.25, -0.2) is 13.6 Å². The Hall–Kier alpha value is -1.15. The van der Waals surface area contributed by atoms with Crippen LogP contribution in [0.15, 0.2) is 23.1 Å². The second kappa shape index (κ2) is 6.31. The van der Waals surface area contributed by atoms with Gasteiger partial charge in [-0.2, -0.15) is 0 Å². The van der Waals surface area contributed by atoms with E-state index in [9.17, 15) is 13.2 Å². The van der Waals surface area contributed by atoms with Crippen molar-refractivity contribution in [3.05, 3.63) is 28.8 Å². The smallest absolute Gasteiger partial charge is 0.252 e. The Balaban J connectivity index is 2.11. The molecule has 2 unspecified atom stereocenters. The third-order valence-electron chi connectivity index (χ3n) is 3.57. The van der Waals surface area contributed by atoms with Crippen LogP contribution in [0.1, 0.15) is 23.7 Å². The van der Waals surface area contributed by atoms with Gasteiger partial charge >= 0.3 is 0 Å². The van der Waals surface area contributed by atoms with Gasteiger partial charge in [0.05, 0.1) is 21.6 Å². The van der Waals surface area contributed by atoms with Gasteiger partial charge in [-0.15, -0.1) is 0 Å². The molecule has 0 radical (unpaired) electrons. The summed E-state index contributed by atoms with van der Waals surface area (Å²) in [5.41, 5.74) is 0.0924. The highest BCUT2D eigenvalue weighted by Crippen LogP contribution is 2.22. The van der Waals surface area contributed by atoms with E-state index in [2.05, 4.69) is 5.32 Å². The number of hydrogen-bond donors (Lipinski definition) is 2. The Labute approximate surface area is 128 Å². The van der Waals surface area contributed by atoms with Crippen molar-refractivity contribution >= 4 is 27.5 Å². The Bertz CT molecular complexity index is 648. The summed E-state index contributed by atoms with van der Waals surface area (Å²) >= 11 is 5.94. The fraction of sp³-hybridized carbons (Fsp3) is 0.462. The molecule has 0 aliphatic carbocycles. The number of hydrogen-bond acceptors (Lipinski definition) is 4. The summed E-state index contributed by atoms with van der Waals surface area (Å²) in [7, 11) is -3.87. The first-order valence-electron chi connectivity index (χ1n) is 6.51. The van der Waals surface area contributed by atoms with E-state index in [0.717, 1.165) is 6.42 Å². The normalized spacial score (nSPS) is 22.2. The Kier molecular flexibility index (Phi) is 4.88. The molecule has 3 N–H and O–H groups in total. The van der Waals surface area contributed by atoms with Crippen LogP contribution in [0.2, 0.25) is 5.02 Å². The SMILES string of the molecule is CC1OCCC1CNC(=O)c1cc(S(N)(=O)=O)ccc1Cl. The zero-order chi connectivity index (χ0) is 15.6. The van der Waals surface area contributed by atoms with Crippen LogP contribution < -0.4 is 10.5 Å². The van der Waals surface area contributed by atoms with E-state index in [-0.39, 0.29) is 27.5 Å². The van der Waals surface area contributed by atoms with Crippen LogP contribution in [-0.2, 0) is 14.8 Å². The minimum atomic E-state index is -3.87. The van der Waals surface area contributed by atoms with Gasteiger partial charge in [0.2, 0.25) is 10.0 Å². The Morgan fingerprint density at radius 1 is 1.52 bits per heavy atom. The zero-order valence-electron chi connectivity index (χ0n) is 11.5. The van der Waals surface area contributed by atoms with Crippen molar-refractivity contribution in [1.82, 2.24) is 5.32 Å². The first-order valence-corrected chi connectivity index (χ1v) is 8.43. The molecule has 1 fully saturated rings. The van der Waals surface area contributed by atoms with Crippen molar-refractivity contribution in [2.24, 2.45) is 11.1 Å². The predicted molar refractivity (Wildman–Crippen MR) is 78.7 cm³/mol. The van der Waals surface area contributed by atoms with Gasteiger partial charge in [0.1, 0.15) is 0 Å². The maximum Gasteiger partial charge on any atom is 0.252 e. The Morgan fingerprint density at radius 2 is 2.24 bits per heavy atom. The molecule has 2 rings (SSSR count). The van der Waals surface area contributed by atoms with Gasteiger partial charge < -0.3 is 10.1 Å². The van der Waals surface area contributed by atoms with E-state index >= 15 is 0 Å². The van der Waals surface area contributed by atoms with Gasteiger partial charge in [0.15, 0.2) is 0 Å². The molecular formula is C13H17ClN2O4S. The lowest BCUT2D eigenvalue weighted by atomic mass is 10.0. The average molecular weight is 333 g/mol. The molecule has 1 aliphatic heterocycles. The monoisotopic (exact) mass is 332 g/mol. The van der Waals surface area contributed by atoms with Crippen LogP contribution in [0.3, 0.4) is 0 Å². The summed E-state index contributed by atoms with van der Waals surface area (Å²) in [5.74, 6) is -0.182. The average Bonchev–Trinajstić information content (AvgIpc) is 2.80. The lowest BCUT2D eigenvalue weighted by molar-refractivity contribution is 0.0907. The summed E-state index contributed by atoms with van der Waals surface area (Å²) < 4.78 is 28.0. The second-order valence-corrected chi connectivity index (χ2v) is 6.99. The number of carbonyl (C=O) groups is 1. The van der Waals surface area contributed by atoms with Crippen molar-refractivity contribution in [1.29, 1.82) is 0 Å². The number of nitrogens with one attached hydrogen (secondary N) is 1.